The molecule has 0 amide bonds. The summed E-state index contributed by atoms with van der Waals surface area (Å²) in [4.78, 5) is 2.27. The van der Waals surface area contributed by atoms with Crippen LogP contribution in [0.25, 0.3) is 0 Å². The number of nitrogens with two attached hydrogens (primary N) is 1. The average molecular weight is 236 g/mol. The second-order valence-corrected chi connectivity index (χ2v) is 4.56. The molecule has 1 rings (SSSR count). The van der Waals surface area contributed by atoms with Crippen LogP contribution < -0.4 is 5.73 Å². The molecule has 2 N–H and O–H groups in total. The zero-order valence-corrected chi connectivity index (χ0v) is 10.9. The summed E-state index contributed by atoms with van der Waals surface area (Å²) in [5, 5.41) is 0. The molecule has 0 spiro atoms. The molecule has 0 fully saturated rings. The molecule has 1 aromatic carbocycles. The largest absolute Gasteiger partial charge is 0.385 e. The molecule has 0 heterocycles. The molecule has 3 nitrogen and oxygen atoms in total. The number of benzene rings is 1. The van der Waals surface area contributed by atoms with Crippen LogP contribution in [-0.4, -0.2) is 44.8 Å². The third-order valence-corrected chi connectivity index (χ3v) is 2.78. The molecule has 1 aromatic rings. The van der Waals surface area contributed by atoms with E-state index in [0.29, 0.717) is 0 Å². The highest BCUT2D eigenvalue weighted by atomic mass is 16.5. The van der Waals surface area contributed by atoms with Crippen molar-refractivity contribution in [3.8, 4) is 0 Å². The fraction of sp³-hybridized carbons (Fsp3) is 0.571. The Labute approximate surface area is 105 Å². The van der Waals surface area contributed by atoms with Crippen LogP contribution in [0.3, 0.4) is 0 Å². The van der Waals surface area contributed by atoms with Gasteiger partial charge in [-0.15, -0.1) is 0 Å². The van der Waals surface area contributed by atoms with Crippen molar-refractivity contribution in [1.82, 2.24) is 4.90 Å². The van der Waals surface area contributed by atoms with Gasteiger partial charge in [-0.05, 0) is 25.5 Å². The fourth-order valence-electron chi connectivity index (χ4n) is 1.95. The predicted molar refractivity (Wildman–Crippen MR) is 72.1 cm³/mol. The van der Waals surface area contributed by atoms with Crippen molar-refractivity contribution in [3.63, 3.8) is 0 Å². The lowest BCUT2D eigenvalue weighted by Crippen LogP contribution is -2.37. The number of methoxy groups -OCH3 is 1. The Morgan fingerprint density at radius 2 is 2.00 bits per heavy atom. The third-order valence-electron chi connectivity index (χ3n) is 2.78. The van der Waals surface area contributed by atoms with Crippen molar-refractivity contribution in [2.24, 2.45) is 5.73 Å². The molecule has 0 saturated heterocycles. The summed E-state index contributed by atoms with van der Waals surface area (Å²) in [7, 11) is 3.85. The molecule has 1 unspecified atom stereocenters. The van der Waals surface area contributed by atoms with Gasteiger partial charge in [0.05, 0.1) is 0 Å². The van der Waals surface area contributed by atoms with Gasteiger partial charge >= 0.3 is 0 Å². The van der Waals surface area contributed by atoms with Crippen molar-refractivity contribution in [2.75, 3.05) is 33.9 Å². The zero-order chi connectivity index (χ0) is 12.5. The minimum Gasteiger partial charge on any atom is -0.385 e. The van der Waals surface area contributed by atoms with Crippen molar-refractivity contribution in [1.29, 1.82) is 0 Å². The molecular formula is C14H24N2O. The first-order valence-electron chi connectivity index (χ1n) is 6.19. The highest BCUT2D eigenvalue weighted by molar-refractivity contribution is 5.15. The summed E-state index contributed by atoms with van der Waals surface area (Å²) in [5.74, 6) is 0. The molecule has 0 bridgehead atoms. The first-order valence-corrected chi connectivity index (χ1v) is 6.19. The normalized spacial score (nSPS) is 12.9. The monoisotopic (exact) mass is 236 g/mol. The van der Waals surface area contributed by atoms with Gasteiger partial charge in [0, 0.05) is 32.8 Å². The van der Waals surface area contributed by atoms with Crippen LogP contribution in [-0.2, 0) is 11.2 Å². The molecule has 0 aliphatic heterocycles. The second kappa shape index (κ2) is 8.23. The van der Waals surface area contributed by atoms with E-state index < -0.39 is 0 Å². The Bertz CT molecular complexity index is 290. The minimum atomic E-state index is 0.199. The van der Waals surface area contributed by atoms with Crippen molar-refractivity contribution >= 4 is 0 Å². The van der Waals surface area contributed by atoms with Gasteiger partial charge in [-0.25, -0.2) is 0 Å². The van der Waals surface area contributed by atoms with E-state index in [1.54, 1.807) is 7.11 Å². The van der Waals surface area contributed by atoms with Gasteiger partial charge in [0.25, 0.3) is 0 Å². The summed E-state index contributed by atoms with van der Waals surface area (Å²) in [6.07, 6.45) is 2.00. The summed E-state index contributed by atoms with van der Waals surface area (Å²) < 4.78 is 5.03. The Morgan fingerprint density at radius 3 is 2.65 bits per heavy atom. The predicted octanol–water partition coefficient (Wildman–Crippen LogP) is 1.52. The molecule has 0 radical (unpaired) electrons. The van der Waals surface area contributed by atoms with E-state index >= 15 is 0 Å². The van der Waals surface area contributed by atoms with E-state index in [4.69, 9.17) is 10.5 Å². The Kier molecular flexibility index (Phi) is 6.86. The van der Waals surface area contributed by atoms with Crippen LogP contribution in [0, 0.1) is 0 Å². The topological polar surface area (TPSA) is 38.5 Å². The van der Waals surface area contributed by atoms with E-state index in [1.807, 2.05) is 6.07 Å². The van der Waals surface area contributed by atoms with Gasteiger partial charge in [-0.1, -0.05) is 30.3 Å². The summed E-state index contributed by atoms with van der Waals surface area (Å²) >= 11 is 0. The number of rotatable bonds is 8. The molecule has 96 valence electrons. The molecule has 0 aliphatic rings. The summed E-state index contributed by atoms with van der Waals surface area (Å²) in [5.41, 5.74) is 7.45. The molecule has 0 aliphatic carbocycles. The van der Waals surface area contributed by atoms with Gasteiger partial charge in [0.15, 0.2) is 0 Å². The minimum absolute atomic E-state index is 0.199. The lowest BCUT2D eigenvalue weighted by molar-refractivity contribution is 0.177. The van der Waals surface area contributed by atoms with E-state index in [0.717, 1.165) is 32.5 Å². The van der Waals surface area contributed by atoms with Crippen LogP contribution in [0.5, 0.6) is 0 Å². The first-order chi connectivity index (χ1) is 8.22. The van der Waals surface area contributed by atoms with Crippen LogP contribution in [0.4, 0.5) is 0 Å². The molecule has 0 saturated carbocycles. The van der Waals surface area contributed by atoms with Gasteiger partial charge in [-0.2, -0.15) is 0 Å². The molecule has 0 aromatic heterocycles. The number of hydrogen-bond donors (Lipinski definition) is 1. The van der Waals surface area contributed by atoms with Crippen molar-refractivity contribution in [2.45, 2.75) is 18.9 Å². The number of ether oxygens (including phenoxy) is 1. The maximum Gasteiger partial charge on any atom is 0.0474 e. The Morgan fingerprint density at radius 1 is 1.29 bits per heavy atom. The van der Waals surface area contributed by atoms with Crippen LogP contribution >= 0.6 is 0 Å². The van der Waals surface area contributed by atoms with E-state index in [2.05, 4.69) is 36.2 Å². The van der Waals surface area contributed by atoms with Crippen molar-refractivity contribution in [3.05, 3.63) is 35.9 Å². The smallest absolute Gasteiger partial charge is 0.0474 e. The molecule has 17 heavy (non-hydrogen) atoms. The van der Waals surface area contributed by atoms with Gasteiger partial charge in [-0.3, -0.25) is 0 Å². The van der Waals surface area contributed by atoms with Crippen LogP contribution in [0.15, 0.2) is 30.3 Å². The standard InChI is InChI=1S/C14H24N2O/c1-16(9-6-10-17-2)12-14(15)11-13-7-4-3-5-8-13/h3-5,7-8,14H,6,9-12,15H2,1-2H3. The number of likely N-dealkylation sites (N-methyl/N-ethyl adjacent to an activating group) is 1. The Hall–Kier alpha value is -0.900. The first kappa shape index (κ1) is 14.2. The highest BCUT2D eigenvalue weighted by Gasteiger charge is 2.07. The van der Waals surface area contributed by atoms with Crippen molar-refractivity contribution < 1.29 is 4.74 Å². The summed E-state index contributed by atoms with van der Waals surface area (Å²) in [6.45, 7) is 2.78. The molecule has 3 heteroatoms. The van der Waals surface area contributed by atoms with Gasteiger partial charge in [0.2, 0.25) is 0 Å². The zero-order valence-electron chi connectivity index (χ0n) is 10.9. The van der Waals surface area contributed by atoms with E-state index in [1.165, 1.54) is 5.56 Å². The quantitative estimate of drug-likeness (QED) is 0.696. The highest BCUT2D eigenvalue weighted by Crippen LogP contribution is 2.02. The maximum absolute atomic E-state index is 6.14. The molecular weight excluding hydrogens is 212 g/mol. The average Bonchev–Trinajstić information content (AvgIpc) is 2.30. The second-order valence-electron chi connectivity index (χ2n) is 4.56. The Balaban J connectivity index is 2.22. The maximum atomic E-state index is 6.14. The van der Waals surface area contributed by atoms with E-state index in [-0.39, 0.29) is 6.04 Å². The van der Waals surface area contributed by atoms with Gasteiger partial charge < -0.3 is 15.4 Å². The SMILES string of the molecule is COCCCN(C)CC(N)Cc1ccccc1. The summed E-state index contributed by atoms with van der Waals surface area (Å²) in [6, 6.07) is 10.6. The van der Waals surface area contributed by atoms with Crippen LogP contribution in [0.1, 0.15) is 12.0 Å². The van der Waals surface area contributed by atoms with Gasteiger partial charge in [0.1, 0.15) is 0 Å². The number of hydrogen-bond acceptors (Lipinski definition) is 3. The van der Waals surface area contributed by atoms with Crippen LogP contribution in [0.2, 0.25) is 0 Å². The third kappa shape index (κ3) is 6.41. The lowest BCUT2D eigenvalue weighted by Gasteiger charge is -2.21. The number of nitrogens with zero attached hydrogens (tertiary/aromatic N) is 1. The molecule has 1 atom stereocenters. The van der Waals surface area contributed by atoms with E-state index in [9.17, 15) is 0 Å². The lowest BCUT2D eigenvalue weighted by atomic mass is 10.1. The fourth-order valence-corrected chi connectivity index (χ4v) is 1.95.